The van der Waals surface area contributed by atoms with Crippen molar-refractivity contribution >= 4 is 0 Å². The highest BCUT2D eigenvalue weighted by atomic mass is 19.4. The lowest BCUT2D eigenvalue weighted by molar-refractivity contribution is -0.137. The number of hydrogen-bond acceptors (Lipinski definition) is 1. The number of piperidine rings is 1. The number of likely N-dealkylation sites (tertiary alicyclic amines) is 1. The molecular formula is C27H40F3N. The highest BCUT2D eigenvalue weighted by molar-refractivity contribution is 5.24. The van der Waals surface area contributed by atoms with Crippen LogP contribution in [0.2, 0.25) is 0 Å². The van der Waals surface area contributed by atoms with E-state index in [0.29, 0.717) is 6.04 Å². The maximum absolute atomic E-state index is 11.8. The molecule has 1 saturated heterocycles. The van der Waals surface area contributed by atoms with E-state index in [1.165, 1.54) is 68.5 Å². The summed E-state index contributed by atoms with van der Waals surface area (Å²) >= 11 is 0. The van der Waals surface area contributed by atoms with Crippen LogP contribution in [0.1, 0.15) is 82.5 Å². The Bertz CT molecular complexity index is 687. The van der Waals surface area contributed by atoms with Crippen molar-refractivity contribution in [3.05, 3.63) is 71.3 Å². The van der Waals surface area contributed by atoms with Crippen molar-refractivity contribution in [3.63, 3.8) is 0 Å². The van der Waals surface area contributed by atoms with Crippen molar-refractivity contribution < 1.29 is 13.2 Å². The summed E-state index contributed by atoms with van der Waals surface area (Å²) in [6.07, 6.45) is 2.60. The van der Waals surface area contributed by atoms with Crippen molar-refractivity contribution in [3.8, 4) is 0 Å². The molecular weight excluding hydrogens is 395 g/mol. The van der Waals surface area contributed by atoms with Gasteiger partial charge in [0.25, 0.3) is 0 Å². The largest absolute Gasteiger partial charge is 0.416 e. The van der Waals surface area contributed by atoms with Gasteiger partial charge in [-0.1, -0.05) is 94.3 Å². The number of benzene rings is 2. The van der Waals surface area contributed by atoms with E-state index in [1.807, 2.05) is 13.8 Å². The van der Waals surface area contributed by atoms with Crippen LogP contribution in [0, 0.1) is 12.8 Å². The summed E-state index contributed by atoms with van der Waals surface area (Å²) in [6.45, 7) is 13.4. The lowest BCUT2D eigenvalue weighted by atomic mass is 9.94. The van der Waals surface area contributed by atoms with E-state index >= 15 is 0 Å². The zero-order valence-electron chi connectivity index (χ0n) is 19.9. The molecule has 1 unspecified atom stereocenters. The molecule has 0 aliphatic carbocycles. The monoisotopic (exact) mass is 435 g/mol. The van der Waals surface area contributed by atoms with Crippen LogP contribution >= 0.6 is 0 Å². The minimum Gasteiger partial charge on any atom is -0.296 e. The fourth-order valence-electron chi connectivity index (χ4n) is 3.70. The molecule has 0 amide bonds. The zero-order chi connectivity index (χ0) is 23.3. The van der Waals surface area contributed by atoms with E-state index in [1.54, 1.807) is 6.07 Å². The average molecular weight is 436 g/mol. The van der Waals surface area contributed by atoms with Gasteiger partial charge in [0.15, 0.2) is 0 Å². The number of rotatable bonds is 5. The second kappa shape index (κ2) is 14.3. The van der Waals surface area contributed by atoms with Crippen LogP contribution in [0.25, 0.3) is 0 Å². The standard InChI is InChI=1S/C18H29N.C7H5F3.C2H6/c1-15(2)7-12-18(19-13-5-4-6-14-19)17-10-8-16(3)9-11-17;8-7(9,10)6-4-2-1-3-5-6;1-2/h8-11,15,18H,4-7,12-14H2,1-3H3;1-5H;1-2H3. The van der Waals surface area contributed by atoms with Crippen LogP contribution in [-0.2, 0) is 6.18 Å². The Morgan fingerprint density at radius 3 is 1.81 bits per heavy atom. The van der Waals surface area contributed by atoms with Crippen molar-refractivity contribution in [2.75, 3.05) is 13.1 Å². The molecule has 0 saturated carbocycles. The second-order valence-electron chi connectivity index (χ2n) is 8.36. The number of halogens is 3. The summed E-state index contributed by atoms with van der Waals surface area (Å²) in [7, 11) is 0. The first-order chi connectivity index (χ1) is 14.8. The van der Waals surface area contributed by atoms with Crippen LogP contribution in [-0.4, -0.2) is 18.0 Å². The van der Waals surface area contributed by atoms with Crippen LogP contribution in [0.3, 0.4) is 0 Å². The topological polar surface area (TPSA) is 3.24 Å². The van der Waals surface area contributed by atoms with Crippen LogP contribution in [0.15, 0.2) is 54.6 Å². The Hall–Kier alpha value is -1.81. The van der Waals surface area contributed by atoms with E-state index in [4.69, 9.17) is 0 Å². The van der Waals surface area contributed by atoms with E-state index < -0.39 is 11.7 Å². The van der Waals surface area contributed by atoms with Crippen molar-refractivity contribution in [2.45, 2.75) is 78.9 Å². The van der Waals surface area contributed by atoms with Crippen LogP contribution in [0.4, 0.5) is 13.2 Å². The number of nitrogens with zero attached hydrogens (tertiary/aromatic N) is 1. The highest BCUT2D eigenvalue weighted by Crippen LogP contribution is 2.30. The third kappa shape index (κ3) is 10.4. The molecule has 0 spiro atoms. The fourth-order valence-corrected chi connectivity index (χ4v) is 3.70. The van der Waals surface area contributed by atoms with Crippen LogP contribution < -0.4 is 0 Å². The Labute approximate surface area is 187 Å². The predicted molar refractivity (Wildman–Crippen MR) is 126 cm³/mol. The first kappa shape index (κ1) is 27.2. The summed E-state index contributed by atoms with van der Waals surface area (Å²) < 4.78 is 35.4. The normalized spacial score (nSPS) is 15.4. The summed E-state index contributed by atoms with van der Waals surface area (Å²) in [6, 6.07) is 16.2. The third-order valence-corrected chi connectivity index (χ3v) is 5.41. The van der Waals surface area contributed by atoms with E-state index in [-0.39, 0.29) is 0 Å². The molecule has 2 aromatic rings. The predicted octanol–water partition coefficient (Wildman–Crippen LogP) is 8.69. The molecule has 4 heteroatoms. The molecule has 0 aromatic heterocycles. The quantitative estimate of drug-likeness (QED) is 0.454. The van der Waals surface area contributed by atoms with Gasteiger partial charge >= 0.3 is 6.18 Å². The molecule has 1 heterocycles. The molecule has 0 radical (unpaired) electrons. The molecule has 1 aliphatic heterocycles. The molecule has 3 rings (SSSR count). The van der Waals surface area contributed by atoms with Gasteiger partial charge in [0.1, 0.15) is 0 Å². The molecule has 0 bridgehead atoms. The van der Waals surface area contributed by atoms with Gasteiger partial charge in [-0.05, 0) is 57.2 Å². The Morgan fingerprint density at radius 1 is 0.806 bits per heavy atom. The lowest BCUT2D eigenvalue weighted by Gasteiger charge is -2.35. The summed E-state index contributed by atoms with van der Waals surface area (Å²) in [5, 5.41) is 0. The minimum absolute atomic E-state index is 0.602. The van der Waals surface area contributed by atoms with Crippen molar-refractivity contribution in [2.24, 2.45) is 5.92 Å². The van der Waals surface area contributed by atoms with E-state index in [0.717, 1.165) is 18.1 Å². The summed E-state index contributed by atoms with van der Waals surface area (Å²) in [5.41, 5.74) is 2.29. The molecule has 1 nitrogen and oxygen atoms in total. The van der Waals surface area contributed by atoms with Gasteiger partial charge in [0, 0.05) is 6.04 Å². The van der Waals surface area contributed by atoms with Gasteiger partial charge in [-0.3, -0.25) is 4.90 Å². The Morgan fingerprint density at radius 2 is 1.35 bits per heavy atom. The lowest BCUT2D eigenvalue weighted by Crippen LogP contribution is -2.34. The minimum atomic E-state index is -4.21. The number of hydrogen-bond donors (Lipinski definition) is 0. The molecule has 2 aromatic carbocycles. The highest BCUT2D eigenvalue weighted by Gasteiger charge is 2.29. The maximum Gasteiger partial charge on any atom is 0.416 e. The molecule has 31 heavy (non-hydrogen) atoms. The fraction of sp³-hybridized carbons (Fsp3) is 0.556. The molecule has 0 N–H and O–H groups in total. The molecule has 174 valence electrons. The first-order valence-electron chi connectivity index (χ1n) is 11.7. The molecule has 1 atom stereocenters. The van der Waals surface area contributed by atoms with Crippen molar-refractivity contribution in [1.29, 1.82) is 0 Å². The van der Waals surface area contributed by atoms with Gasteiger partial charge in [0.05, 0.1) is 5.56 Å². The van der Waals surface area contributed by atoms with Crippen LogP contribution in [0.5, 0.6) is 0 Å². The maximum atomic E-state index is 11.8. The Balaban J connectivity index is 0.000000337. The van der Waals surface area contributed by atoms with Gasteiger partial charge in [-0.2, -0.15) is 13.2 Å². The van der Waals surface area contributed by atoms with Gasteiger partial charge < -0.3 is 0 Å². The second-order valence-corrected chi connectivity index (χ2v) is 8.36. The average Bonchev–Trinajstić information content (AvgIpc) is 2.77. The first-order valence-corrected chi connectivity index (χ1v) is 11.7. The number of alkyl halides is 3. The summed E-state index contributed by atoms with van der Waals surface area (Å²) in [4.78, 5) is 2.72. The number of aryl methyl sites for hydroxylation is 1. The Kier molecular flexibility index (Phi) is 12.5. The third-order valence-electron chi connectivity index (χ3n) is 5.41. The smallest absolute Gasteiger partial charge is 0.296 e. The van der Waals surface area contributed by atoms with Gasteiger partial charge in [-0.15, -0.1) is 0 Å². The molecule has 1 aliphatic rings. The van der Waals surface area contributed by atoms with Crippen molar-refractivity contribution in [1.82, 2.24) is 4.90 Å². The summed E-state index contributed by atoms with van der Waals surface area (Å²) in [5.74, 6) is 0.803. The van der Waals surface area contributed by atoms with E-state index in [2.05, 4.69) is 49.9 Å². The van der Waals surface area contributed by atoms with Gasteiger partial charge in [-0.25, -0.2) is 0 Å². The zero-order valence-corrected chi connectivity index (χ0v) is 19.9. The molecule has 1 fully saturated rings. The van der Waals surface area contributed by atoms with Gasteiger partial charge in [0.2, 0.25) is 0 Å². The SMILES string of the molecule is CC.Cc1ccc(C(CCC(C)C)N2CCCCC2)cc1.FC(F)(F)c1ccccc1. The van der Waals surface area contributed by atoms with E-state index in [9.17, 15) is 13.2 Å².